The molecule has 0 aliphatic carbocycles. The van der Waals surface area contributed by atoms with E-state index in [2.05, 4.69) is 10.6 Å². The van der Waals surface area contributed by atoms with Gasteiger partial charge in [-0.25, -0.2) is 0 Å². The predicted molar refractivity (Wildman–Crippen MR) is 70.5 cm³/mol. The molecule has 102 valence electrons. The highest BCUT2D eigenvalue weighted by atomic mass is 16.2. The molecule has 3 N–H and O–H groups in total. The summed E-state index contributed by atoms with van der Waals surface area (Å²) in [4.78, 5) is 11.6. The Bertz CT molecular complexity index is 306. The number of nitriles is 1. The zero-order valence-electron chi connectivity index (χ0n) is 11.2. The minimum Gasteiger partial charge on any atom is -0.396 e. The monoisotopic (exact) mass is 253 g/mol. The van der Waals surface area contributed by atoms with Crippen molar-refractivity contribution in [1.82, 2.24) is 10.6 Å². The first-order valence-electron chi connectivity index (χ1n) is 6.34. The van der Waals surface area contributed by atoms with Crippen LogP contribution in [0, 0.1) is 17.2 Å². The number of hydrogen-bond donors (Lipinski definition) is 3. The second kappa shape index (κ2) is 10.6. The van der Waals surface area contributed by atoms with Gasteiger partial charge in [-0.1, -0.05) is 13.8 Å². The van der Waals surface area contributed by atoms with Gasteiger partial charge in [-0.2, -0.15) is 5.26 Å². The summed E-state index contributed by atoms with van der Waals surface area (Å²) in [5.41, 5.74) is 0.0952. The van der Waals surface area contributed by atoms with Crippen LogP contribution in [-0.2, 0) is 4.79 Å². The maximum Gasteiger partial charge on any atom is 0.263 e. The Balaban J connectivity index is 3.93. The summed E-state index contributed by atoms with van der Waals surface area (Å²) in [5, 5.41) is 23.1. The highest BCUT2D eigenvalue weighted by Crippen LogP contribution is 1.95. The van der Waals surface area contributed by atoms with E-state index in [0.29, 0.717) is 19.0 Å². The van der Waals surface area contributed by atoms with E-state index in [1.807, 2.05) is 19.9 Å². The molecule has 0 spiro atoms. The summed E-state index contributed by atoms with van der Waals surface area (Å²) >= 11 is 0. The van der Waals surface area contributed by atoms with Crippen LogP contribution in [0.25, 0.3) is 0 Å². The van der Waals surface area contributed by atoms with Crippen LogP contribution in [-0.4, -0.2) is 30.7 Å². The third-order valence-corrected chi connectivity index (χ3v) is 2.26. The fraction of sp³-hybridized carbons (Fsp3) is 0.692. The number of nitrogens with zero attached hydrogens (tertiary/aromatic N) is 1. The standard InChI is InChI=1S/C13H23N3O2/c1-11(2)9-16-13(18)12(8-14)10-15-6-4-3-5-7-17/h10-11,15,17H,3-7,9H2,1-2H3,(H,16,18)/b12-10-. The molecule has 0 aliphatic heterocycles. The molecular weight excluding hydrogens is 230 g/mol. The zero-order chi connectivity index (χ0) is 13.8. The Hall–Kier alpha value is -1.54. The average Bonchev–Trinajstić information content (AvgIpc) is 2.35. The Morgan fingerprint density at radius 3 is 2.67 bits per heavy atom. The van der Waals surface area contributed by atoms with Crippen LogP contribution in [0.2, 0.25) is 0 Å². The predicted octanol–water partition coefficient (Wildman–Crippen LogP) is 0.918. The summed E-state index contributed by atoms with van der Waals surface area (Å²) in [7, 11) is 0. The number of rotatable bonds is 9. The van der Waals surface area contributed by atoms with Crippen LogP contribution in [0.5, 0.6) is 0 Å². The smallest absolute Gasteiger partial charge is 0.263 e. The Labute approximate surface area is 109 Å². The lowest BCUT2D eigenvalue weighted by Crippen LogP contribution is -2.29. The van der Waals surface area contributed by atoms with Crippen molar-refractivity contribution in [2.24, 2.45) is 5.92 Å². The third kappa shape index (κ3) is 8.59. The van der Waals surface area contributed by atoms with E-state index in [4.69, 9.17) is 10.4 Å². The lowest BCUT2D eigenvalue weighted by atomic mass is 10.2. The van der Waals surface area contributed by atoms with Gasteiger partial charge in [0.05, 0.1) is 0 Å². The molecule has 5 nitrogen and oxygen atoms in total. The van der Waals surface area contributed by atoms with E-state index in [1.54, 1.807) is 0 Å². The van der Waals surface area contributed by atoms with Crippen molar-refractivity contribution in [2.45, 2.75) is 33.1 Å². The molecule has 0 aromatic rings. The van der Waals surface area contributed by atoms with Crippen molar-refractivity contribution < 1.29 is 9.90 Å². The van der Waals surface area contributed by atoms with Crippen LogP contribution in [0.4, 0.5) is 0 Å². The average molecular weight is 253 g/mol. The molecule has 0 unspecified atom stereocenters. The lowest BCUT2D eigenvalue weighted by molar-refractivity contribution is -0.117. The Morgan fingerprint density at radius 1 is 1.39 bits per heavy atom. The molecule has 0 bridgehead atoms. The number of aliphatic hydroxyl groups is 1. The third-order valence-electron chi connectivity index (χ3n) is 2.26. The molecule has 18 heavy (non-hydrogen) atoms. The molecule has 0 aliphatic rings. The van der Waals surface area contributed by atoms with Crippen molar-refractivity contribution >= 4 is 5.91 Å². The zero-order valence-corrected chi connectivity index (χ0v) is 11.2. The summed E-state index contributed by atoms with van der Waals surface area (Å²) < 4.78 is 0. The fourth-order valence-electron chi connectivity index (χ4n) is 1.23. The van der Waals surface area contributed by atoms with Crippen LogP contribution < -0.4 is 10.6 Å². The highest BCUT2D eigenvalue weighted by Gasteiger charge is 2.08. The van der Waals surface area contributed by atoms with Gasteiger partial charge in [0.2, 0.25) is 0 Å². The van der Waals surface area contributed by atoms with Crippen molar-refractivity contribution in [3.8, 4) is 6.07 Å². The first-order chi connectivity index (χ1) is 8.61. The molecule has 0 radical (unpaired) electrons. The number of aliphatic hydroxyl groups excluding tert-OH is 1. The summed E-state index contributed by atoms with van der Waals surface area (Å²) in [5.74, 6) is 0.0226. The van der Waals surface area contributed by atoms with Crippen molar-refractivity contribution in [3.05, 3.63) is 11.8 Å². The minimum absolute atomic E-state index is 0.0952. The van der Waals surface area contributed by atoms with Crippen LogP contribution in [0.15, 0.2) is 11.8 Å². The van der Waals surface area contributed by atoms with E-state index in [1.165, 1.54) is 6.20 Å². The van der Waals surface area contributed by atoms with Crippen molar-refractivity contribution in [1.29, 1.82) is 5.26 Å². The van der Waals surface area contributed by atoms with Gasteiger partial charge in [0, 0.05) is 25.9 Å². The summed E-state index contributed by atoms with van der Waals surface area (Å²) in [6.07, 6.45) is 4.07. The number of nitrogens with one attached hydrogen (secondary N) is 2. The van der Waals surface area contributed by atoms with Crippen LogP contribution >= 0.6 is 0 Å². The Morgan fingerprint density at radius 2 is 2.11 bits per heavy atom. The number of amides is 1. The normalized spacial score (nSPS) is 11.2. The van der Waals surface area contributed by atoms with E-state index in [0.717, 1.165) is 19.3 Å². The van der Waals surface area contributed by atoms with E-state index < -0.39 is 0 Å². The molecule has 0 heterocycles. The molecule has 0 rings (SSSR count). The maximum absolute atomic E-state index is 11.6. The van der Waals surface area contributed by atoms with Gasteiger partial charge in [-0.3, -0.25) is 4.79 Å². The molecule has 0 aromatic heterocycles. The molecule has 1 amide bonds. The second-order valence-electron chi connectivity index (χ2n) is 4.51. The lowest BCUT2D eigenvalue weighted by Gasteiger charge is -2.07. The number of hydrogen-bond acceptors (Lipinski definition) is 4. The highest BCUT2D eigenvalue weighted by molar-refractivity contribution is 5.97. The summed E-state index contributed by atoms with van der Waals surface area (Å²) in [6.45, 7) is 5.46. The van der Waals surface area contributed by atoms with Gasteiger partial charge in [-0.15, -0.1) is 0 Å². The second-order valence-corrected chi connectivity index (χ2v) is 4.51. The van der Waals surface area contributed by atoms with Gasteiger partial charge in [-0.05, 0) is 25.2 Å². The largest absolute Gasteiger partial charge is 0.396 e. The molecule has 0 saturated heterocycles. The minimum atomic E-state index is -0.339. The van der Waals surface area contributed by atoms with E-state index in [9.17, 15) is 4.79 Å². The Kier molecular flexibility index (Phi) is 9.70. The van der Waals surface area contributed by atoms with Gasteiger partial charge in [0.25, 0.3) is 5.91 Å². The first kappa shape index (κ1) is 16.5. The SMILES string of the molecule is CC(C)CNC(=O)/C(C#N)=C\NCCCCCO. The van der Waals surface area contributed by atoms with Gasteiger partial charge in [0.15, 0.2) is 0 Å². The molecule has 0 fully saturated rings. The molecule has 0 saturated carbocycles. The summed E-state index contributed by atoms with van der Waals surface area (Å²) in [6, 6.07) is 1.87. The quantitative estimate of drug-likeness (QED) is 0.324. The molecule has 0 atom stereocenters. The fourth-order valence-corrected chi connectivity index (χ4v) is 1.23. The molecule has 5 heteroatoms. The number of carbonyl (C=O) groups excluding carboxylic acids is 1. The van der Waals surface area contributed by atoms with Crippen molar-refractivity contribution in [2.75, 3.05) is 19.7 Å². The van der Waals surface area contributed by atoms with Gasteiger partial charge in [0.1, 0.15) is 11.6 Å². The topological polar surface area (TPSA) is 85.2 Å². The molecular formula is C13H23N3O2. The van der Waals surface area contributed by atoms with Crippen LogP contribution in [0.3, 0.4) is 0 Å². The van der Waals surface area contributed by atoms with E-state index >= 15 is 0 Å². The van der Waals surface area contributed by atoms with Crippen molar-refractivity contribution in [3.63, 3.8) is 0 Å². The molecule has 0 aromatic carbocycles. The van der Waals surface area contributed by atoms with Gasteiger partial charge >= 0.3 is 0 Å². The number of unbranched alkanes of at least 4 members (excludes halogenated alkanes) is 2. The van der Waals surface area contributed by atoms with E-state index in [-0.39, 0.29) is 18.1 Å². The number of carbonyl (C=O) groups is 1. The first-order valence-corrected chi connectivity index (χ1v) is 6.34. The van der Waals surface area contributed by atoms with Crippen LogP contribution in [0.1, 0.15) is 33.1 Å². The maximum atomic E-state index is 11.6. The van der Waals surface area contributed by atoms with Gasteiger partial charge < -0.3 is 15.7 Å².